The standard InChI is InChI=1S/C12H19N3O2S2/c1-9-4-5-10(12(13)18)11(8-9)14-6-7-19(16,17)15(2)3/h4-5,8,14H,6-7H2,1-3H3,(H2,13,18). The Morgan fingerprint density at radius 3 is 2.58 bits per heavy atom. The lowest BCUT2D eigenvalue weighted by Gasteiger charge is -2.14. The Kier molecular flexibility index (Phi) is 5.28. The van der Waals surface area contributed by atoms with Gasteiger partial charge in [-0.15, -0.1) is 0 Å². The van der Waals surface area contributed by atoms with Crippen LogP contribution in [0.15, 0.2) is 18.2 Å². The van der Waals surface area contributed by atoms with Crippen molar-refractivity contribution in [1.82, 2.24) is 4.31 Å². The van der Waals surface area contributed by atoms with Gasteiger partial charge in [0.2, 0.25) is 10.0 Å². The van der Waals surface area contributed by atoms with Crippen molar-refractivity contribution in [1.29, 1.82) is 0 Å². The van der Waals surface area contributed by atoms with E-state index in [4.69, 9.17) is 18.0 Å². The van der Waals surface area contributed by atoms with Gasteiger partial charge in [-0.1, -0.05) is 18.3 Å². The van der Waals surface area contributed by atoms with Crippen molar-refractivity contribution in [3.8, 4) is 0 Å². The van der Waals surface area contributed by atoms with Gasteiger partial charge in [0.1, 0.15) is 4.99 Å². The summed E-state index contributed by atoms with van der Waals surface area (Å²) in [6.45, 7) is 2.25. The summed E-state index contributed by atoms with van der Waals surface area (Å²) in [4.78, 5) is 0.290. The molecule has 0 saturated heterocycles. The summed E-state index contributed by atoms with van der Waals surface area (Å²) in [7, 11) is -0.172. The van der Waals surface area contributed by atoms with Crippen LogP contribution >= 0.6 is 12.2 Å². The fourth-order valence-corrected chi connectivity index (χ4v) is 2.42. The van der Waals surface area contributed by atoms with E-state index in [1.54, 1.807) is 0 Å². The van der Waals surface area contributed by atoms with Gasteiger partial charge in [0.25, 0.3) is 0 Å². The van der Waals surface area contributed by atoms with Crippen LogP contribution in [0.4, 0.5) is 5.69 Å². The second-order valence-electron chi connectivity index (χ2n) is 4.44. The molecule has 0 amide bonds. The lowest BCUT2D eigenvalue weighted by Crippen LogP contribution is -2.28. The molecule has 0 radical (unpaired) electrons. The Morgan fingerprint density at radius 1 is 1.42 bits per heavy atom. The number of nitrogens with one attached hydrogen (secondary N) is 1. The number of sulfonamides is 1. The molecule has 1 rings (SSSR count). The van der Waals surface area contributed by atoms with Gasteiger partial charge in [-0.05, 0) is 24.6 Å². The van der Waals surface area contributed by atoms with E-state index in [0.29, 0.717) is 6.54 Å². The van der Waals surface area contributed by atoms with E-state index < -0.39 is 10.0 Å². The molecule has 106 valence electrons. The average molecular weight is 301 g/mol. The molecule has 0 heterocycles. The maximum absolute atomic E-state index is 11.6. The lowest BCUT2D eigenvalue weighted by atomic mass is 10.1. The molecule has 0 spiro atoms. The van der Waals surface area contributed by atoms with Crippen LogP contribution in [0.25, 0.3) is 0 Å². The van der Waals surface area contributed by atoms with Gasteiger partial charge in [0, 0.05) is 31.9 Å². The first-order valence-corrected chi connectivity index (χ1v) is 7.80. The molecule has 0 aromatic heterocycles. The third kappa shape index (κ3) is 4.45. The van der Waals surface area contributed by atoms with Crippen LogP contribution in [0.3, 0.4) is 0 Å². The maximum atomic E-state index is 11.6. The Hall–Kier alpha value is -1.18. The summed E-state index contributed by atoms with van der Waals surface area (Å²) < 4.78 is 24.5. The number of hydrogen-bond acceptors (Lipinski definition) is 4. The molecule has 0 fully saturated rings. The fraction of sp³-hybridized carbons (Fsp3) is 0.417. The molecule has 0 saturated carbocycles. The van der Waals surface area contributed by atoms with Crippen molar-refractivity contribution in [3.05, 3.63) is 29.3 Å². The first-order chi connectivity index (χ1) is 8.74. The SMILES string of the molecule is Cc1ccc(C(N)=S)c(NCCS(=O)(=O)N(C)C)c1. The largest absolute Gasteiger partial charge is 0.389 e. The number of aryl methyl sites for hydroxylation is 1. The summed E-state index contributed by atoms with van der Waals surface area (Å²) in [5.74, 6) is 0.0186. The Labute approximate surface area is 119 Å². The molecule has 1 aromatic carbocycles. The first-order valence-electron chi connectivity index (χ1n) is 5.78. The topological polar surface area (TPSA) is 75.4 Å². The molecule has 19 heavy (non-hydrogen) atoms. The van der Waals surface area contributed by atoms with Crippen LogP contribution in [-0.4, -0.2) is 44.1 Å². The summed E-state index contributed by atoms with van der Waals surface area (Å²) >= 11 is 4.97. The Balaban J connectivity index is 2.78. The minimum atomic E-state index is -3.20. The second-order valence-corrected chi connectivity index (χ2v) is 7.18. The van der Waals surface area contributed by atoms with Crippen molar-refractivity contribution in [2.45, 2.75) is 6.92 Å². The molecule has 5 nitrogen and oxygen atoms in total. The average Bonchev–Trinajstić information content (AvgIpc) is 2.28. The van der Waals surface area contributed by atoms with E-state index in [-0.39, 0.29) is 10.7 Å². The summed E-state index contributed by atoms with van der Waals surface area (Å²) in [6.07, 6.45) is 0. The Morgan fingerprint density at radius 2 is 2.05 bits per heavy atom. The highest BCUT2D eigenvalue weighted by Crippen LogP contribution is 2.17. The van der Waals surface area contributed by atoms with Gasteiger partial charge in [-0.2, -0.15) is 0 Å². The number of nitrogens with zero attached hydrogens (tertiary/aromatic N) is 1. The smallest absolute Gasteiger partial charge is 0.215 e. The zero-order valence-electron chi connectivity index (χ0n) is 11.3. The highest BCUT2D eigenvalue weighted by Gasteiger charge is 2.13. The number of anilines is 1. The first kappa shape index (κ1) is 15.9. The van der Waals surface area contributed by atoms with Crippen molar-refractivity contribution in [2.24, 2.45) is 5.73 Å². The van der Waals surface area contributed by atoms with Gasteiger partial charge >= 0.3 is 0 Å². The van der Waals surface area contributed by atoms with Crippen LogP contribution in [0.2, 0.25) is 0 Å². The molecule has 0 unspecified atom stereocenters. The highest BCUT2D eigenvalue weighted by atomic mass is 32.2. The third-order valence-corrected chi connectivity index (χ3v) is 4.72. The van der Waals surface area contributed by atoms with Crippen LogP contribution in [-0.2, 0) is 10.0 Å². The molecule has 0 bridgehead atoms. The summed E-state index contributed by atoms with van der Waals surface area (Å²) in [5.41, 5.74) is 8.18. The Bertz CT molecular complexity index is 568. The van der Waals surface area contributed by atoms with Gasteiger partial charge in [-0.25, -0.2) is 12.7 Å². The summed E-state index contributed by atoms with van der Waals surface area (Å²) in [6, 6.07) is 5.65. The van der Waals surface area contributed by atoms with E-state index in [9.17, 15) is 8.42 Å². The lowest BCUT2D eigenvalue weighted by molar-refractivity contribution is 0.521. The minimum Gasteiger partial charge on any atom is -0.389 e. The quantitative estimate of drug-likeness (QED) is 0.765. The zero-order valence-corrected chi connectivity index (χ0v) is 12.9. The number of benzene rings is 1. The monoisotopic (exact) mass is 301 g/mol. The number of nitrogens with two attached hydrogens (primary N) is 1. The van der Waals surface area contributed by atoms with Crippen LogP contribution in [0.1, 0.15) is 11.1 Å². The normalized spacial score (nSPS) is 11.6. The molecule has 0 aliphatic heterocycles. The molecule has 1 aromatic rings. The van der Waals surface area contributed by atoms with Crippen molar-refractivity contribution in [3.63, 3.8) is 0 Å². The van der Waals surface area contributed by atoms with E-state index in [2.05, 4.69) is 5.32 Å². The van der Waals surface area contributed by atoms with Gasteiger partial charge in [-0.3, -0.25) is 0 Å². The zero-order chi connectivity index (χ0) is 14.6. The molecule has 0 aliphatic rings. The second kappa shape index (κ2) is 6.31. The molecule has 7 heteroatoms. The summed E-state index contributed by atoms with van der Waals surface area (Å²) in [5, 5.41) is 3.07. The highest BCUT2D eigenvalue weighted by molar-refractivity contribution is 7.89. The van der Waals surface area contributed by atoms with Crippen LogP contribution in [0, 0.1) is 6.92 Å². The van der Waals surface area contributed by atoms with Gasteiger partial charge in [0.15, 0.2) is 0 Å². The number of thiocarbonyl (C=S) groups is 1. The van der Waals surface area contributed by atoms with E-state index >= 15 is 0 Å². The van der Waals surface area contributed by atoms with E-state index in [1.165, 1.54) is 18.4 Å². The van der Waals surface area contributed by atoms with Gasteiger partial charge in [0.05, 0.1) is 5.75 Å². The maximum Gasteiger partial charge on any atom is 0.215 e. The molecular weight excluding hydrogens is 282 g/mol. The molecule has 3 N–H and O–H groups in total. The predicted octanol–water partition coefficient (Wildman–Crippen LogP) is 0.933. The van der Waals surface area contributed by atoms with E-state index in [1.807, 2.05) is 25.1 Å². The van der Waals surface area contributed by atoms with Crippen molar-refractivity contribution in [2.75, 3.05) is 31.7 Å². The fourth-order valence-electron chi connectivity index (χ4n) is 1.52. The van der Waals surface area contributed by atoms with Gasteiger partial charge < -0.3 is 11.1 Å². The molecule has 0 atom stereocenters. The number of rotatable bonds is 6. The van der Waals surface area contributed by atoms with Crippen molar-refractivity contribution >= 4 is 32.9 Å². The predicted molar refractivity (Wildman–Crippen MR) is 83.0 cm³/mol. The van der Waals surface area contributed by atoms with Crippen LogP contribution in [0.5, 0.6) is 0 Å². The van der Waals surface area contributed by atoms with E-state index in [0.717, 1.165) is 16.8 Å². The molecule has 0 aliphatic carbocycles. The minimum absolute atomic E-state index is 0.0186. The molecular formula is C12H19N3O2S2. The van der Waals surface area contributed by atoms with Crippen LogP contribution < -0.4 is 11.1 Å². The van der Waals surface area contributed by atoms with Crippen molar-refractivity contribution < 1.29 is 8.42 Å². The third-order valence-electron chi connectivity index (χ3n) is 2.67. The number of hydrogen-bond donors (Lipinski definition) is 2.